The summed E-state index contributed by atoms with van der Waals surface area (Å²) in [6.45, 7) is 4.98. The van der Waals surface area contributed by atoms with Gasteiger partial charge in [-0.25, -0.2) is 4.99 Å². The molecule has 1 aromatic rings. The lowest BCUT2D eigenvalue weighted by Gasteiger charge is -2.14. The van der Waals surface area contributed by atoms with Crippen LogP contribution in [-0.2, 0) is 6.54 Å². The first-order valence-electron chi connectivity index (χ1n) is 7.44. The second-order valence-electron chi connectivity index (χ2n) is 5.84. The molecule has 1 atom stereocenters. The van der Waals surface area contributed by atoms with E-state index in [2.05, 4.69) is 35.2 Å². The lowest BCUT2D eigenvalue weighted by molar-refractivity contribution is 0.801. The third-order valence-electron chi connectivity index (χ3n) is 4.06. The number of aliphatic imine (C=N–C) groups is 1. The van der Waals surface area contributed by atoms with Crippen LogP contribution in [0.2, 0.25) is 0 Å². The molecule has 1 N–H and O–H groups in total. The van der Waals surface area contributed by atoms with Gasteiger partial charge in [-0.2, -0.15) is 0 Å². The molecule has 1 aromatic heterocycles. The highest BCUT2D eigenvalue weighted by Gasteiger charge is 2.25. The van der Waals surface area contributed by atoms with Crippen LogP contribution in [0.25, 0.3) is 0 Å². The van der Waals surface area contributed by atoms with Gasteiger partial charge >= 0.3 is 0 Å². The smallest absolute Gasteiger partial charge is 0.134 e. The molecule has 0 aromatic carbocycles. The molecule has 1 fully saturated rings. The topological polar surface area (TPSA) is 37.3 Å². The maximum atomic E-state index is 6.12. The van der Waals surface area contributed by atoms with Gasteiger partial charge in [0, 0.05) is 30.1 Å². The van der Waals surface area contributed by atoms with Crippen LogP contribution in [0.4, 0.5) is 0 Å². The molecule has 4 heteroatoms. The number of aryl methyl sites for hydroxylation is 1. The van der Waals surface area contributed by atoms with Crippen LogP contribution in [0.1, 0.15) is 42.5 Å². The van der Waals surface area contributed by atoms with Gasteiger partial charge in [0.2, 0.25) is 0 Å². The Morgan fingerprint density at radius 3 is 2.90 bits per heavy atom. The number of aromatic nitrogens is 1. The molecule has 2 aliphatic rings. The first-order valence-corrected chi connectivity index (χ1v) is 7.82. The van der Waals surface area contributed by atoms with Gasteiger partial charge in [-0.15, -0.1) is 0 Å². The summed E-state index contributed by atoms with van der Waals surface area (Å²) >= 11 is 6.12. The van der Waals surface area contributed by atoms with E-state index in [1.54, 1.807) is 6.20 Å². The summed E-state index contributed by atoms with van der Waals surface area (Å²) in [5, 5.41) is 3.86. The van der Waals surface area contributed by atoms with Crippen LogP contribution in [-0.4, -0.2) is 10.2 Å². The van der Waals surface area contributed by atoms with E-state index in [0.29, 0.717) is 11.7 Å². The molecule has 0 saturated heterocycles. The van der Waals surface area contributed by atoms with Gasteiger partial charge in [-0.3, -0.25) is 4.98 Å². The van der Waals surface area contributed by atoms with E-state index in [9.17, 15) is 0 Å². The van der Waals surface area contributed by atoms with E-state index in [1.165, 1.54) is 24.0 Å². The van der Waals surface area contributed by atoms with Gasteiger partial charge in [0.25, 0.3) is 0 Å². The summed E-state index contributed by atoms with van der Waals surface area (Å²) in [6, 6.07) is 2.18. The van der Waals surface area contributed by atoms with Crippen molar-refractivity contribution in [3.8, 4) is 0 Å². The zero-order valence-electron chi connectivity index (χ0n) is 12.4. The molecule has 3 nitrogen and oxygen atoms in total. The van der Waals surface area contributed by atoms with Crippen molar-refractivity contribution in [3.05, 3.63) is 53.1 Å². The van der Waals surface area contributed by atoms with Gasteiger partial charge in [0.05, 0.1) is 12.2 Å². The number of rotatable bonds is 4. The highest BCUT2D eigenvalue weighted by atomic mass is 35.5. The molecule has 2 heterocycles. The van der Waals surface area contributed by atoms with Gasteiger partial charge in [0.15, 0.2) is 0 Å². The number of pyridine rings is 1. The SMILES string of the molecule is Cc1cc(CN/C=C2/C(Cl)=NC=CC2C)ncc1C1CC1. The zero-order chi connectivity index (χ0) is 14.8. The van der Waals surface area contributed by atoms with E-state index in [-0.39, 0.29) is 5.92 Å². The standard InChI is InChI=1S/C17H20ClN3/c1-11-5-6-20-17(18)16(11)9-19-8-14-7-12(2)15(10-21-14)13-3-4-13/h5-7,9-11,13,19H,3-4,8H2,1-2H3/b16-9+. The van der Waals surface area contributed by atoms with Crippen molar-refractivity contribution in [2.75, 3.05) is 0 Å². The lowest BCUT2D eigenvalue weighted by atomic mass is 10.0. The van der Waals surface area contributed by atoms with Gasteiger partial charge in [-0.1, -0.05) is 24.6 Å². The largest absolute Gasteiger partial charge is 0.385 e. The second kappa shape index (κ2) is 6.02. The lowest BCUT2D eigenvalue weighted by Crippen LogP contribution is -2.14. The zero-order valence-corrected chi connectivity index (χ0v) is 13.2. The first kappa shape index (κ1) is 14.3. The average Bonchev–Trinajstić information content (AvgIpc) is 3.27. The summed E-state index contributed by atoms with van der Waals surface area (Å²) in [4.78, 5) is 8.67. The summed E-state index contributed by atoms with van der Waals surface area (Å²) in [6.07, 6.45) is 10.4. The maximum absolute atomic E-state index is 6.12. The number of nitrogens with one attached hydrogen (secondary N) is 1. The Balaban J connectivity index is 1.64. The number of allylic oxidation sites excluding steroid dienone is 2. The van der Waals surface area contributed by atoms with Crippen molar-refractivity contribution in [2.45, 2.75) is 39.2 Å². The molecule has 0 spiro atoms. The highest BCUT2D eigenvalue weighted by molar-refractivity contribution is 6.69. The quantitative estimate of drug-likeness (QED) is 0.911. The van der Waals surface area contributed by atoms with Crippen molar-refractivity contribution in [2.24, 2.45) is 10.9 Å². The molecule has 0 radical (unpaired) electrons. The molecule has 1 saturated carbocycles. The van der Waals surface area contributed by atoms with Crippen molar-refractivity contribution >= 4 is 16.8 Å². The predicted octanol–water partition coefficient (Wildman–Crippen LogP) is 4.04. The van der Waals surface area contributed by atoms with E-state index < -0.39 is 0 Å². The number of hydrogen-bond acceptors (Lipinski definition) is 3. The minimum absolute atomic E-state index is 0.287. The number of nitrogens with zero attached hydrogens (tertiary/aromatic N) is 2. The third-order valence-corrected chi connectivity index (χ3v) is 4.37. The fraction of sp³-hybridized carbons (Fsp3) is 0.412. The van der Waals surface area contributed by atoms with Gasteiger partial charge in [0.1, 0.15) is 5.17 Å². The fourth-order valence-corrected chi connectivity index (χ4v) is 2.89. The van der Waals surface area contributed by atoms with Crippen LogP contribution in [0, 0.1) is 12.8 Å². The van der Waals surface area contributed by atoms with Crippen LogP contribution in [0.3, 0.4) is 0 Å². The van der Waals surface area contributed by atoms with Crippen LogP contribution in [0.15, 0.2) is 41.3 Å². The summed E-state index contributed by atoms with van der Waals surface area (Å²) < 4.78 is 0. The van der Waals surface area contributed by atoms with E-state index in [1.807, 2.05) is 18.5 Å². The summed E-state index contributed by atoms with van der Waals surface area (Å²) in [5.41, 5.74) is 4.84. The minimum Gasteiger partial charge on any atom is -0.385 e. The molecule has 3 rings (SSSR count). The van der Waals surface area contributed by atoms with Crippen molar-refractivity contribution < 1.29 is 0 Å². The monoisotopic (exact) mass is 301 g/mol. The Morgan fingerprint density at radius 1 is 1.43 bits per heavy atom. The molecule has 1 unspecified atom stereocenters. The molecular formula is C17H20ClN3. The van der Waals surface area contributed by atoms with Crippen molar-refractivity contribution in [1.29, 1.82) is 0 Å². The molecule has 0 bridgehead atoms. The first-order chi connectivity index (χ1) is 10.1. The van der Waals surface area contributed by atoms with E-state index in [4.69, 9.17) is 11.6 Å². The van der Waals surface area contributed by atoms with Gasteiger partial charge in [-0.05, 0) is 42.9 Å². The predicted molar refractivity (Wildman–Crippen MR) is 87.5 cm³/mol. The minimum atomic E-state index is 0.287. The number of halogens is 1. The second-order valence-corrected chi connectivity index (χ2v) is 6.20. The highest BCUT2D eigenvalue weighted by Crippen LogP contribution is 2.41. The molecular weight excluding hydrogens is 282 g/mol. The molecule has 1 aliphatic carbocycles. The third kappa shape index (κ3) is 3.35. The van der Waals surface area contributed by atoms with Crippen molar-refractivity contribution in [3.63, 3.8) is 0 Å². The van der Waals surface area contributed by atoms with Crippen LogP contribution in [0.5, 0.6) is 0 Å². The summed E-state index contributed by atoms with van der Waals surface area (Å²) in [7, 11) is 0. The molecule has 110 valence electrons. The Morgan fingerprint density at radius 2 is 2.24 bits per heavy atom. The Labute approximate surface area is 130 Å². The van der Waals surface area contributed by atoms with Gasteiger partial charge < -0.3 is 5.32 Å². The average molecular weight is 302 g/mol. The van der Waals surface area contributed by atoms with Crippen LogP contribution >= 0.6 is 11.6 Å². The number of hydrogen-bond donors (Lipinski definition) is 1. The van der Waals surface area contributed by atoms with Crippen molar-refractivity contribution in [1.82, 2.24) is 10.3 Å². The molecule has 21 heavy (non-hydrogen) atoms. The van der Waals surface area contributed by atoms with E-state index >= 15 is 0 Å². The molecule has 0 amide bonds. The molecule has 1 aliphatic heterocycles. The normalized spacial score (nSPS) is 23.3. The fourth-order valence-electron chi connectivity index (χ4n) is 2.60. The maximum Gasteiger partial charge on any atom is 0.134 e. The van der Waals surface area contributed by atoms with E-state index in [0.717, 1.165) is 17.2 Å². The van der Waals surface area contributed by atoms with Crippen LogP contribution < -0.4 is 5.32 Å². The Hall–Kier alpha value is -1.61. The Bertz CT molecular complexity index is 627. The summed E-state index contributed by atoms with van der Waals surface area (Å²) in [5.74, 6) is 1.04. The Kier molecular flexibility index (Phi) is 4.11.